The van der Waals surface area contributed by atoms with E-state index in [9.17, 15) is 13.6 Å². The van der Waals surface area contributed by atoms with E-state index in [4.69, 9.17) is 17.0 Å². The lowest BCUT2D eigenvalue weighted by molar-refractivity contribution is 0.153. The van der Waals surface area contributed by atoms with E-state index in [1.807, 2.05) is 13.0 Å². The maximum Gasteiger partial charge on any atom is 0.264 e. The molecular weight excluding hydrogens is 408 g/mol. The summed E-state index contributed by atoms with van der Waals surface area (Å²) in [5, 5.41) is -0.204. The molecule has 0 radical (unpaired) electrons. The number of hydrogen-bond acceptors (Lipinski definition) is 4. The van der Waals surface area contributed by atoms with Crippen LogP contribution >= 0.6 is 12.2 Å². The number of aromatic amines is 1. The molecule has 2 heterocycles. The van der Waals surface area contributed by atoms with Crippen LogP contribution in [0.15, 0.2) is 65.5 Å². The molecule has 0 aliphatic carbocycles. The van der Waals surface area contributed by atoms with E-state index in [2.05, 4.69) is 9.97 Å². The molecule has 4 rings (SSSR count). The van der Waals surface area contributed by atoms with Gasteiger partial charge in [0, 0.05) is 11.1 Å². The Morgan fingerprint density at radius 3 is 2.53 bits per heavy atom. The van der Waals surface area contributed by atoms with Crippen molar-refractivity contribution >= 4 is 23.3 Å². The summed E-state index contributed by atoms with van der Waals surface area (Å²) in [5.74, 6) is 0.495. The standard InChI is InChI=1S/C22H17F2N3O2S/c1-2-29-17-11-7-6-10-16(17)27-20-18(21(28)26-22(27)30)14(19(23)24)12-15(25-20)13-8-4-3-5-9-13/h3-12,19H,2H2,1H3,(H,26,28,30). The number of nitrogens with zero attached hydrogens (tertiary/aromatic N) is 2. The molecule has 0 fully saturated rings. The Kier molecular flexibility index (Phi) is 5.41. The summed E-state index contributed by atoms with van der Waals surface area (Å²) < 4.78 is 35.1. The molecule has 4 aromatic rings. The van der Waals surface area contributed by atoms with Gasteiger partial charge in [-0.1, -0.05) is 42.5 Å². The van der Waals surface area contributed by atoms with Crippen molar-refractivity contribution in [2.75, 3.05) is 6.61 Å². The lowest BCUT2D eigenvalue weighted by atomic mass is 10.1. The first-order valence-electron chi connectivity index (χ1n) is 9.27. The molecule has 0 spiro atoms. The quantitative estimate of drug-likeness (QED) is 0.432. The van der Waals surface area contributed by atoms with Crippen LogP contribution in [0, 0.1) is 4.77 Å². The average molecular weight is 425 g/mol. The molecule has 0 aliphatic rings. The number of alkyl halides is 2. The van der Waals surface area contributed by atoms with E-state index in [0.717, 1.165) is 0 Å². The summed E-state index contributed by atoms with van der Waals surface area (Å²) in [7, 11) is 0. The van der Waals surface area contributed by atoms with E-state index < -0.39 is 17.5 Å². The zero-order chi connectivity index (χ0) is 21.3. The summed E-state index contributed by atoms with van der Waals surface area (Å²) in [6.45, 7) is 2.23. The van der Waals surface area contributed by atoms with Gasteiger partial charge in [-0.25, -0.2) is 13.8 Å². The third-order valence-corrected chi connectivity index (χ3v) is 4.89. The number of benzene rings is 2. The highest BCUT2D eigenvalue weighted by atomic mass is 32.1. The van der Waals surface area contributed by atoms with Crippen LogP contribution in [-0.4, -0.2) is 21.1 Å². The SMILES string of the molecule is CCOc1ccccc1-n1c(=S)[nH]c(=O)c2c(C(F)F)cc(-c3ccccc3)nc21. The van der Waals surface area contributed by atoms with E-state index in [-0.39, 0.29) is 15.8 Å². The second-order valence-electron chi connectivity index (χ2n) is 6.46. The van der Waals surface area contributed by atoms with E-state index in [1.54, 1.807) is 48.5 Å². The number of nitrogens with one attached hydrogen (secondary N) is 1. The van der Waals surface area contributed by atoms with Gasteiger partial charge in [0.2, 0.25) is 0 Å². The van der Waals surface area contributed by atoms with Gasteiger partial charge in [-0.15, -0.1) is 0 Å². The zero-order valence-corrected chi connectivity index (χ0v) is 16.7. The minimum absolute atomic E-state index is 0.0394. The number of halogens is 2. The van der Waals surface area contributed by atoms with Gasteiger partial charge in [-0.05, 0) is 37.3 Å². The van der Waals surface area contributed by atoms with Crippen LogP contribution in [0.3, 0.4) is 0 Å². The second kappa shape index (κ2) is 8.16. The Morgan fingerprint density at radius 2 is 1.83 bits per heavy atom. The fraction of sp³-hybridized carbons (Fsp3) is 0.136. The van der Waals surface area contributed by atoms with Crippen LogP contribution in [0.2, 0.25) is 0 Å². The molecule has 0 aliphatic heterocycles. The van der Waals surface area contributed by atoms with Crippen LogP contribution in [0.5, 0.6) is 5.75 Å². The fourth-order valence-electron chi connectivity index (χ4n) is 3.33. The molecule has 1 N–H and O–H groups in total. The van der Waals surface area contributed by atoms with Crippen molar-refractivity contribution < 1.29 is 13.5 Å². The highest BCUT2D eigenvalue weighted by Crippen LogP contribution is 2.32. The fourth-order valence-corrected chi connectivity index (χ4v) is 3.61. The Labute approximate surface area is 175 Å². The van der Waals surface area contributed by atoms with Gasteiger partial charge >= 0.3 is 0 Å². The van der Waals surface area contributed by atoms with Crippen LogP contribution in [-0.2, 0) is 0 Å². The second-order valence-corrected chi connectivity index (χ2v) is 6.84. The number of fused-ring (bicyclic) bond motifs is 1. The Balaban J connectivity index is 2.16. The van der Waals surface area contributed by atoms with Crippen molar-refractivity contribution in [3.63, 3.8) is 0 Å². The van der Waals surface area contributed by atoms with Gasteiger partial charge in [0.15, 0.2) is 10.4 Å². The Bertz CT molecular complexity index is 1330. The first-order chi connectivity index (χ1) is 14.5. The smallest absolute Gasteiger partial charge is 0.264 e. The predicted molar refractivity (Wildman–Crippen MR) is 114 cm³/mol. The van der Waals surface area contributed by atoms with Gasteiger partial charge in [0.1, 0.15) is 5.75 Å². The topological polar surface area (TPSA) is 59.9 Å². The van der Waals surface area contributed by atoms with E-state index in [1.165, 1.54) is 10.6 Å². The molecule has 2 aromatic heterocycles. The van der Waals surface area contributed by atoms with Crippen LogP contribution in [0.4, 0.5) is 8.78 Å². The lowest BCUT2D eigenvalue weighted by Crippen LogP contribution is -2.17. The molecule has 0 unspecified atom stereocenters. The van der Waals surface area contributed by atoms with Crippen molar-refractivity contribution in [3.05, 3.63) is 81.4 Å². The summed E-state index contributed by atoms with van der Waals surface area (Å²) in [4.78, 5) is 19.7. The molecule has 30 heavy (non-hydrogen) atoms. The minimum atomic E-state index is -2.87. The van der Waals surface area contributed by atoms with Crippen molar-refractivity contribution in [3.8, 4) is 22.7 Å². The molecular formula is C22H17F2N3O2S. The van der Waals surface area contributed by atoms with Gasteiger partial charge < -0.3 is 4.74 Å². The van der Waals surface area contributed by atoms with Crippen LogP contribution in [0.25, 0.3) is 28.0 Å². The largest absolute Gasteiger partial charge is 0.492 e. The number of H-pyrrole nitrogens is 1. The van der Waals surface area contributed by atoms with Gasteiger partial charge in [0.25, 0.3) is 12.0 Å². The van der Waals surface area contributed by atoms with Crippen molar-refractivity contribution in [2.45, 2.75) is 13.3 Å². The molecule has 0 amide bonds. The number of ether oxygens (including phenoxy) is 1. The molecule has 8 heteroatoms. The summed E-state index contributed by atoms with van der Waals surface area (Å²) in [6.07, 6.45) is -2.87. The molecule has 0 bridgehead atoms. The minimum Gasteiger partial charge on any atom is -0.492 e. The third kappa shape index (κ3) is 3.50. The normalized spacial score (nSPS) is 11.2. The molecule has 0 saturated carbocycles. The number of aromatic nitrogens is 3. The average Bonchev–Trinajstić information content (AvgIpc) is 2.74. The Hall–Kier alpha value is -3.39. The molecule has 2 aromatic carbocycles. The highest BCUT2D eigenvalue weighted by Gasteiger charge is 2.21. The van der Waals surface area contributed by atoms with E-state index >= 15 is 0 Å². The number of pyridine rings is 1. The van der Waals surface area contributed by atoms with E-state index in [0.29, 0.717) is 29.3 Å². The molecule has 152 valence electrons. The van der Waals surface area contributed by atoms with Crippen LogP contribution in [0.1, 0.15) is 18.9 Å². The van der Waals surface area contributed by atoms with Crippen molar-refractivity contribution in [2.24, 2.45) is 0 Å². The summed E-state index contributed by atoms with van der Waals surface area (Å²) in [5.41, 5.74) is 0.412. The maximum atomic E-state index is 14.0. The third-order valence-electron chi connectivity index (χ3n) is 4.60. The maximum absolute atomic E-state index is 14.0. The summed E-state index contributed by atoms with van der Waals surface area (Å²) >= 11 is 5.39. The number of rotatable bonds is 5. The summed E-state index contributed by atoms with van der Waals surface area (Å²) in [6, 6.07) is 17.2. The molecule has 0 saturated heterocycles. The van der Waals surface area contributed by atoms with Gasteiger partial charge in [-0.2, -0.15) is 0 Å². The zero-order valence-electron chi connectivity index (χ0n) is 15.9. The van der Waals surface area contributed by atoms with Gasteiger partial charge in [0.05, 0.1) is 23.4 Å². The monoisotopic (exact) mass is 425 g/mol. The van der Waals surface area contributed by atoms with Gasteiger partial charge in [-0.3, -0.25) is 14.3 Å². The predicted octanol–water partition coefficient (Wildman–Crippen LogP) is 5.45. The molecule has 5 nitrogen and oxygen atoms in total. The van der Waals surface area contributed by atoms with Crippen LogP contribution < -0.4 is 10.3 Å². The number of hydrogen-bond donors (Lipinski definition) is 1. The Morgan fingerprint density at radius 1 is 1.13 bits per heavy atom. The van der Waals surface area contributed by atoms with Crippen molar-refractivity contribution in [1.82, 2.24) is 14.5 Å². The first kappa shape index (κ1) is 19.9. The van der Waals surface area contributed by atoms with Crippen molar-refractivity contribution in [1.29, 1.82) is 0 Å². The highest BCUT2D eigenvalue weighted by molar-refractivity contribution is 7.71. The number of para-hydroxylation sites is 2. The molecule has 0 atom stereocenters. The lowest BCUT2D eigenvalue weighted by Gasteiger charge is -2.17. The first-order valence-corrected chi connectivity index (χ1v) is 9.67.